The zero-order valence-electron chi connectivity index (χ0n) is 16.8. The van der Waals surface area contributed by atoms with Gasteiger partial charge in [0.1, 0.15) is 11.6 Å². The minimum atomic E-state index is -1.59. The minimum Gasteiger partial charge on any atom is -0.392 e. The van der Waals surface area contributed by atoms with Crippen LogP contribution in [0.1, 0.15) is 35.1 Å². The summed E-state index contributed by atoms with van der Waals surface area (Å²) in [5, 5.41) is 9.87. The average molecular weight is 407 g/mol. The molecular formula is C22H27FO4S. The molecule has 28 heavy (non-hydrogen) atoms. The summed E-state index contributed by atoms with van der Waals surface area (Å²) < 4.78 is 29.6. The van der Waals surface area contributed by atoms with Crippen LogP contribution in [0.25, 0.3) is 11.1 Å². The summed E-state index contributed by atoms with van der Waals surface area (Å²) in [6.45, 7) is 5.74. The molecule has 0 heterocycles. The summed E-state index contributed by atoms with van der Waals surface area (Å²) in [5.41, 5.74) is 5.71. The van der Waals surface area contributed by atoms with E-state index in [9.17, 15) is 18.5 Å². The molecule has 0 spiro atoms. The molecule has 2 rings (SSSR count). The number of aliphatic hydroxyl groups is 1. The van der Waals surface area contributed by atoms with Crippen LogP contribution in [0, 0.1) is 26.6 Å². The normalized spacial score (nSPS) is 13.4. The van der Waals surface area contributed by atoms with Gasteiger partial charge in [-0.3, -0.25) is 8.98 Å². The number of carbonyl (C=O) groups is 1. The van der Waals surface area contributed by atoms with Gasteiger partial charge in [-0.15, -0.1) is 0 Å². The summed E-state index contributed by atoms with van der Waals surface area (Å²) in [6, 6.07) is 9.15. The largest absolute Gasteiger partial charge is 0.392 e. The number of ketones is 1. The topological polar surface area (TPSA) is 63.6 Å². The van der Waals surface area contributed by atoms with Gasteiger partial charge in [0.25, 0.3) is 0 Å². The molecule has 0 aliphatic heterocycles. The third-order valence-electron chi connectivity index (χ3n) is 4.72. The van der Waals surface area contributed by atoms with Crippen molar-refractivity contribution in [2.75, 3.05) is 12.9 Å². The van der Waals surface area contributed by atoms with Gasteiger partial charge in [0.05, 0.1) is 19.0 Å². The highest BCUT2D eigenvalue weighted by Gasteiger charge is 2.16. The Bertz CT molecular complexity index is 879. The van der Waals surface area contributed by atoms with Crippen LogP contribution in [0.3, 0.4) is 0 Å². The SMILES string of the molecule is COS(=O)CC(O)CC(=O)CCc1c(C)cc(C)cc1-c1ccc(F)c(C)c1. The van der Waals surface area contributed by atoms with Gasteiger partial charge in [-0.25, -0.2) is 8.60 Å². The third kappa shape index (κ3) is 6.06. The highest BCUT2D eigenvalue weighted by Crippen LogP contribution is 2.30. The van der Waals surface area contributed by atoms with Crippen molar-refractivity contribution < 1.29 is 22.7 Å². The molecule has 2 atom stereocenters. The van der Waals surface area contributed by atoms with Crippen LogP contribution >= 0.6 is 0 Å². The van der Waals surface area contributed by atoms with Crippen LogP contribution in [0.5, 0.6) is 0 Å². The van der Waals surface area contributed by atoms with E-state index in [1.165, 1.54) is 13.2 Å². The van der Waals surface area contributed by atoms with Crippen LogP contribution in [0.2, 0.25) is 0 Å². The molecule has 0 amide bonds. The fraction of sp³-hybridized carbons (Fsp3) is 0.409. The number of rotatable bonds is 9. The van der Waals surface area contributed by atoms with Crippen molar-refractivity contribution in [1.29, 1.82) is 0 Å². The Balaban J connectivity index is 2.18. The fourth-order valence-corrected chi connectivity index (χ4v) is 3.88. The number of aliphatic hydroxyl groups excluding tert-OH is 1. The maximum absolute atomic E-state index is 13.7. The van der Waals surface area contributed by atoms with Crippen molar-refractivity contribution >= 4 is 16.9 Å². The van der Waals surface area contributed by atoms with Crippen molar-refractivity contribution in [2.24, 2.45) is 0 Å². The molecule has 0 radical (unpaired) electrons. The number of benzene rings is 2. The number of aryl methyl sites for hydroxylation is 3. The molecule has 0 aliphatic carbocycles. The molecule has 4 nitrogen and oxygen atoms in total. The van der Waals surface area contributed by atoms with Crippen molar-refractivity contribution in [1.82, 2.24) is 0 Å². The zero-order valence-corrected chi connectivity index (χ0v) is 17.6. The lowest BCUT2D eigenvalue weighted by Gasteiger charge is -2.16. The van der Waals surface area contributed by atoms with E-state index in [1.807, 2.05) is 19.9 Å². The van der Waals surface area contributed by atoms with Gasteiger partial charge in [-0.1, -0.05) is 23.8 Å². The lowest BCUT2D eigenvalue weighted by Crippen LogP contribution is -2.21. The Labute approximate surface area is 168 Å². The van der Waals surface area contributed by atoms with Gasteiger partial charge in [0.2, 0.25) is 0 Å². The Morgan fingerprint density at radius 1 is 1.18 bits per heavy atom. The number of hydrogen-bond acceptors (Lipinski definition) is 4. The summed E-state index contributed by atoms with van der Waals surface area (Å²) in [6.07, 6.45) is -0.234. The van der Waals surface area contributed by atoms with Gasteiger partial charge < -0.3 is 5.11 Å². The third-order valence-corrected chi connectivity index (χ3v) is 5.75. The molecule has 2 aromatic rings. The van der Waals surface area contributed by atoms with Gasteiger partial charge in [0, 0.05) is 12.8 Å². The molecule has 0 saturated carbocycles. The molecule has 0 fully saturated rings. The molecule has 6 heteroatoms. The Morgan fingerprint density at radius 3 is 2.54 bits per heavy atom. The summed E-state index contributed by atoms with van der Waals surface area (Å²) >= 11 is -1.59. The predicted octanol–water partition coefficient (Wildman–Crippen LogP) is 3.98. The van der Waals surface area contributed by atoms with E-state index in [4.69, 9.17) is 0 Å². The van der Waals surface area contributed by atoms with E-state index < -0.39 is 17.2 Å². The lowest BCUT2D eigenvalue weighted by atomic mass is 9.89. The quantitative estimate of drug-likeness (QED) is 0.684. The Morgan fingerprint density at radius 2 is 1.89 bits per heavy atom. The highest BCUT2D eigenvalue weighted by atomic mass is 32.2. The highest BCUT2D eigenvalue weighted by molar-refractivity contribution is 7.80. The van der Waals surface area contributed by atoms with Crippen LogP contribution in [-0.2, 0) is 26.5 Å². The number of carbonyl (C=O) groups excluding carboxylic acids is 1. The first-order valence-electron chi connectivity index (χ1n) is 9.20. The molecule has 0 aromatic heterocycles. The second-order valence-electron chi connectivity index (χ2n) is 7.11. The maximum Gasteiger partial charge on any atom is 0.157 e. The average Bonchev–Trinajstić information content (AvgIpc) is 2.62. The summed E-state index contributed by atoms with van der Waals surface area (Å²) in [4.78, 5) is 12.3. The molecule has 2 aromatic carbocycles. The molecule has 2 unspecified atom stereocenters. The predicted molar refractivity (Wildman–Crippen MR) is 110 cm³/mol. The van der Waals surface area contributed by atoms with Crippen molar-refractivity contribution in [3.8, 4) is 11.1 Å². The summed E-state index contributed by atoms with van der Waals surface area (Å²) in [5.74, 6) is -0.416. The standard InChI is InChI=1S/C22H27FO4S/c1-14-9-15(2)20(7-6-18(24)12-19(25)13-28(26)27-4)21(10-14)17-5-8-22(23)16(3)11-17/h5,8-11,19,25H,6-7,12-13H2,1-4H3. The van der Waals surface area contributed by atoms with Crippen molar-refractivity contribution in [3.63, 3.8) is 0 Å². The van der Waals surface area contributed by atoms with Gasteiger partial charge in [-0.05, 0) is 67.1 Å². The van der Waals surface area contributed by atoms with E-state index in [-0.39, 0.29) is 30.2 Å². The molecular weight excluding hydrogens is 379 g/mol. The number of Topliss-reactive ketones (excluding diaryl/α,β-unsaturated/α-hetero) is 1. The van der Waals surface area contributed by atoms with E-state index in [1.54, 1.807) is 13.0 Å². The van der Waals surface area contributed by atoms with E-state index >= 15 is 0 Å². The second-order valence-corrected chi connectivity index (χ2v) is 8.38. The first kappa shape index (κ1) is 22.4. The zero-order chi connectivity index (χ0) is 20.8. The number of hydrogen-bond donors (Lipinski definition) is 1. The van der Waals surface area contributed by atoms with E-state index in [0.717, 1.165) is 27.8 Å². The Hall–Kier alpha value is -1.89. The van der Waals surface area contributed by atoms with E-state index in [2.05, 4.69) is 16.3 Å². The van der Waals surface area contributed by atoms with E-state index in [0.29, 0.717) is 12.0 Å². The number of halogens is 1. The summed E-state index contributed by atoms with van der Waals surface area (Å²) in [7, 11) is 1.30. The first-order valence-corrected chi connectivity index (χ1v) is 10.4. The maximum atomic E-state index is 13.7. The smallest absolute Gasteiger partial charge is 0.157 e. The van der Waals surface area contributed by atoms with Crippen molar-refractivity contribution in [2.45, 2.75) is 46.1 Å². The molecule has 1 N–H and O–H groups in total. The minimum absolute atomic E-state index is 0.0506. The van der Waals surface area contributed by atoms with Crippen LogP contribution < -0.4 is 0 Å². The lowest BCUT2D eigenvalue weighted by molar-refractivity contribution is -0.120. The second kappa shape index (κ2) is 10.0. The molecule has 0 aliphatic rings. The first-order chi connectivity index (χ1) is 13.2. The molecule has 0 saturated heterocycles. The Kier molecular flexibility index (Phi) is 8.04. The monoisotopic (exact) mass is 406 g/mol. The molecule has 0 bridgehead atoms. The fourth-order valence-electron chi connectivity index (χ4n) is 3.31. The van der Waals surface area contributed by atoms with Crippen LogP contribution in [0.4, 0.5) is 4.39 Å². The van der Waals surface area contributed by atoms with Crippen LogP contribution in [0.15, 0.2) is 30.3 Å². The molecule has 152 valence electrons. The van der Waals surface area contributed by atoms with Gasteiger partial charge >= 0.3 is 0 Å². The van der Waals surface area contributed by atoms with Gasteiger partial charge in [0.15, 0.2) is 11.1 Å². The van der Waals surface area contributed by atoms with Gasteiger partial charge in [-0.2, -0.15) is 0 Å². The van der Waals surface area contributed by atoms with Crippen LogP contribution in [-0.4, -0.2) is 34.1 Å². The van der Waals surface area contributed by atoms with Crippen molar-refractivity contribution in [3.05, 3.63) is 58.4 Å².